The highest BCUT2D eigenvalue weighted by atomic mass is 32.1. The average Bonchev–Trinajstić information content (AvgIpc) is 3.30. The fourth-order valence-corrected chi connectivity index (χ4v) is 9.49. The van der Waals surface area contributed by atoms with Crippen LogP contribution in [-0.4, -0.2) is 28.6 Å². The first-order valence-corrected chi connectivity index (χ1v) is 15.8. The number of thiazole rings is 1. The molecule has 192 valence electrons. The molecule has 0 radical (unpaired) electrons. The summed E-state index contributed by atoms with van der Waals surface area (Å²) in [5.74, 6) is -0.424. The number of nitrogens with zero attached hydrogens (tertiary/aromatic N) is 2. The van der Waals surface area contributed by atoms with Crippen LogP contribution in [0.1, 0.15) is 34.8 Å². The van der Waals surface area contributed by atoms with Crippen molar-refractivity contribution >= 4 is 45.4 Å². The number of ether oxygens (including phenoxy) is 1. The molecule has 0 unspecified atom stereocenters. The topological polar surface area (TPSA) is 60.7 Å². The molecule has 0 saturated carbocycles. The summed E-state index contributed by atoms with van der Waals surface area (Å²) in [6, 6.07) is 29.5. The first-order valence-electron chi connectivity index (χ1n) is 12.7. The molecule has 7 heteroatoms. The van der Waals surface area contributed by atoms with Crippen molar-refractivity contribution in [3.05, 3.63) is 111 Å². The maximum atomic E-state index is 13.9. The quantitative estimate of drug-likeness (QED) is 0.205. The highest BCUT2D eigenvalue weighted by molar-refractivity contribution is 7.95. The maximum Gasteiger partial charge on any atom is 0.350 e. The molecule has 0 aliphatic carbocycles. The van der Waals surface area contributed by atoms with Gasteiger partial charge in [-0.1, -0.05) is 66.8 Å². The van der Waals surface area contributed by atoms with E-state index in [-0.39, 0.29) is 12.2 Å². The molecule has 38 heavy (non-hydrogen) atoms. The Morgan fingerprint density at radius 3 is 2.08 bits per heavy atom. The highest BCUT2D eigenvalue weighted by Gasteiger charge is 2.42. The van der Waals surface area contributed by atoms with Gasteiger partial charge in [-0.3, -0.25) is 9.20 Å². The van der Waals surface area contributed by atoms with Gasteiger partial charge in [-0.05, 0) is 56.7 Å². The third kappa shape index (κ3) is 4.28. The fourth-order valence-electron chi connectivity index (χ4n) is 5.04. The van der Waals surface area contributed by atoms with Crippen LogP contribution in [0.2, 0.25) is 0 Å². The summed E-state index contributed by atoms with van der Waals surface area (Å²) >= 11 is 1.21. The van der Waals surface area contributed by atoms with Crippen molar-refractivity contribution in [1.29, 1.82) is 0 Å². The van der Waals surface area contributed by atoms with Crippen LogP contribution in [0.3, 0.4) is 0 Å². The number of aryl methyl sites for hydroxylation is 1. The van der Waals surface area contributed by atoms with Crippen molar-refractivity contribution < 1.29 is 9.53 Å². The summed E-state index contributed by atoms with van der Waals surface area (Å²) in [6.07, 6.45) is 0.522. The van der Waals surface area contributed by atoms with Gasteiger partial charge in [-0.2, -0.15) is 0 Å². The molecule has 0 amide bonds. The van der Waals surface area contributed by atoms with Gasteiger partial charge >= 0.3 is 5.97 Å². The highest BCUT2D eigenvalue weighted by Crippen LogP contribution is 2.53. The second kappa shape index (κ2) is 10.6. The molecule has 0 aliphatic rings. The van der Waals surface area contributed by atoms with E-state index in [9.17, 15) is 9.59 Å². The van der Waals surface area contributed by atoms with E-state index < -0.39 is 13.2 Å². The molecule has 5 aromatic rings. The number of rotatable bonds is 7. The Morgan fingerprint density at radius 1 is 0.921 bits per heavy atom. The molecule has 2 heterocycles. The molecule has 0 spiro atoms. The monoisotopic (exact) mass is 541 g/mol. The normalized spacial score (nSPS) is 11.6. The number of hydrogen-bond acceptors (Lipinski definition) is 5. The third-order valence-corrected chi connectivity index (χ3v) is 12.1. The van der Waals surface area contributed by atoms with E-state index in [1.54, 1.807) is 18.2 Å². The Labute approximate surface area is 227 Å². The van der Waals surface area contributed by atoms with Gasteiger partial charge in [0.15, 0.2) is 4.96 Å². The summed E-state index contributed by atoms with van der Waals surface area (Å²) in [4.78, 5) is 32.4. The van der Waals surface area contributed by atoms with E-state index in [2.05, 4.69) is 73.4 Å². The fraction of sp³-hybridized carbons (Fsp3) is 0.194. The third-order valence-electron chi connectivity index (χ3n) is 7.00. The summed E-state index contributed by atoms with van der Waals surface area (Å²) in [6.45, 7) is 8.14. The molecule has 5 rings (SSSR count). The van der Waals surface area contributed by atoms with Gasteiger partial charge < -0.3 is 4.74 Å². The van der Waals surface area contributed by atoms with Gasteiger partial charge in [0, 0.05) is 11.1 Å². The number of carbonyl (C=O) groups excluding carboxylic acids is 1. The van der Waals surface area contributed by atoms with Crippen molar-refractivity contribution in [2.75, 3.05) is 13.3 Å². The van der Waals surface area contributed by atoms with Crippen molar-refractivity contribution in [1.82, 2.24) is 9.38 Å². The van der Waals surface area contributed by atoms with Gasteiger partial charge in [0.05, 0.1) is 24.7 Å². The molecule has 0 atom stereocenters. The van der Waals surface area contributed by atoms with Gasteiger partial charge in [0.1, 0.15) is 28.1 Å². The first-order chi connectivity index (χ1) is 18.4. The second-order valence-electron chi connectivity index (χ2n) is 9.15. The minimum absolute atomic E-state index is 0.133. The zero-order chi connectivity index (χ0) is 26.9. The summed E-state index contributed by atoms with van der Waals surface area (Å²) in [5, 5.41) is 3.68. The summed E-state index contributed by atoms with van der Waals surface area (Å²) in [5.41, 5.74) is 2.71. The predicted molar refractivity (Wildman–Crippen MR) is 159 cm³/mol. The lowest BCUT2D eigenvalue weighted by atomic mass is 10.1. The minimum atomic E-state index is -2.08. The van der Waals surface area contributed by atoms with Crippen molar-refractivity contribution in [3.8, 4) is 11.3 Å². The van der Waals surface area contributed by atoms with Crippen molar-refractivity contribution in [3.63, 3.8) is 0 Å². The van der Waals surface area contributed by atoms with Crippen LogP contribution in [0.5, 0.6) is 0 Å². The van der Waals surface area contributed by atoms with Crippen molar-refractivity contribution in [2.24, 2.45) is 0 Å². The van der Waals surface area contributed by atoms with Gasteiger partial charge in [-0.25, -0.2) is 9.78 Å². The lowest BCUT2D eigenvalue weighted by Gasteiger charge is -2.25. The smallest absolute Gasteiger partial charge is 0.350 e. The number of aromatic nitrogens is 2. The number of benzene rings is 3. The zero-order valence-electron chi connectivity index (χ0n) is 22.0. The van der Waals surface area contributed by atoms with Crippen LogP contribution < -0.4 is 21.5 Å². The summed E-state index contributed by atoms with van der Waals surface area (Å²) in [7, 11) is -2.08. The van der Waals surface area contributed by atoms with E-state index in [1.165, 1.54) is 27.3 Å². The molecule has 5 nitrogen and oxygen atoms in total. The molecule has 0 bridgehead atoms. The number of hydrogen-bond donors (Lipinski definition) is 0. The van der Waals surface area contributed by atoms with Crippen LogP contribution in [-0.2, 0) is 11.2 Å². The first kappa shape index (κ1) is 26.0. The number of carbonyl (C=O) groups is 1. The van der Waals surface area contributed by atoms with Crippen LogP contribution >= 0.6 is 18.6 Å². The van der Waals surface area contributed by atoms with Gasteiger partial charge in [-0.15, -0.1) is 0 Å². The average molecular weight is 542 g/mol. The molecule has 0 saturated heterocycles. The lowest BCUT2D eigenvalue weighted by Crippen LogP contribution is -2.32. The Bertz CT molecular complexity index is 1640. The van der Waals surface area contributed by atoms with Crippen LogP contribution in [0.25, 0.3) is 16.2 Å². The molecule has 3 aromatic carbocycles. The van der Waals surface area contributed by atoms with E-state index in [0.717, 1.165) is 5.56 Å². The van der Waals surface area contributed by atoms with Gasteiger partial charge in [0.25, 0.3) is 5.56 Å². The lowest BCUT2D eigenvalue weighted by molar-refractivity contribution is 0.0531. The molecule has 0 fully saturated rings. The molecule has 0 aliphatic heterocycles. The molecule has 2 aromatic heterocycles. The van der Waals surface area contributed by atoms with E-state index in [1.807, 2.05) is 25.1 Å². The second-order valence-corrected chi connectivity index (χ2v) is 13.7. The largest absolute Gasteiger partial charge is 0.462 e. The molecular weight excluding hydrogens is 511 g/mol. The van der Waals surface area contributed by atoms with E-state index >= 15 is 0 Å². The minimum Gasteiger partial charge on any atom is -0.462 e. The number of fused-ring (bicyclic) bond motifs is 1. The SMILES string of the molecule is CCOC(=O)c1sc2nc(-c3ccccc3[P+](C)(c3ccccc3)c3ccccc3)c(CC)c(=O)n2c1C. The van der Waals surface area contributed by atoms with Crippen LogP contribution in [0, 0.1) is 6.92 Å². The Morgan fingerprint density at radius 2 is 1.50 bits per heavy atom. The number of esters is 1. The summed E-state index contributed by atoms with van der Waals surface area (Å²) < 4.78 is 6.80. The van der Waals surface area contributed by atoms with Gasteiger partial charge in [0.2, 0.25) is 0 Å². The van der Waals surface area contributed by atoms with Crippen molar-refractivity contribution in [2.45, 2.75) is 27.2 Å². The predicted octanol–water partition coefficient (Wildman–Crippen LogP) is 5.39. The van der Waals surface area contributed by atoms with E-state index in [0.29, 0.717) is 33.2 Å². The molecule has 0 N–H and O–H groups in total. The zero-order valence-corrected chi connectivity index (χ0v) is 23.7. The standard InChI is InChI=1S/C31H30N2O3PS/c1-5-24-27(32-31-33(29(24)34)21(3)28(38-31)30(35)36-6-2)25-19-13-14-20-26(25)37(4,22-15-9-7-10-16-22)23-17-11-8-12-18-23/h7-20H,5-6H2,1-4H3/q+1. The van der Waals surface area contributed by atoms with Crippen LogP contribution in [0.4, 0.5) is 0 Å². The maximum absolute atomic E-state index is 13.9. The Kier molecular flexibility index (Phi) is 7.29. The van der Waals surface area contributed by atoms with E-state index in [4.69, 9.17) is 9.72 Å². The Balaban J connectivity index is 1.82. The Hall–Kier alpha value is -3.60. The molecular formula is C31H30N2O3PS+. The van der Waals surface area contributed by atoms with Crippen LogP contribution in [0.15, 0.2) is 89.7 Å².